The van der Waals surface area contributed by atoms with Gasteiger partial charge in [0.15, 0.2) is 5.92 Å². The van der Waals surface area contributed by atoms with Crippen molar-refractivity contribution in [2.75, 3.05) is 25.2 Å². The number of thioether (sulfide) groups is 1. The summed E-state index contributed by atoms with van der Waals surface area (Å²) < 4.78 is 9.64. The van der Waals surface area contributed by atoms with Gasteiger partial charge in [0.05, 0.1) is 13.2 Å². The molecule has 0 amide bonds. The topological polar surface area (TPSA) is 52.6 Å². The summed E-state index contributed by atoms with van der Waals surface area (Å²) in [7, 11) is 0. The lowest BCUT2D eigenvalue weighted by Crippen LogP contribution is -2.28. The third-order valence-corrected chi connectivity index (χ3v) is 2.40. The first kappa shape index (κ1) is 14.3. The zero-order chi connectivity index (χ0) is 11.7. The van der Waals surface area contributed by atoms with Crippen molar-refractivity contribution in [1.82, 2.24) is 0 Å². The van der Waals surface area contributed by atoms with E-state index < -0.39 is 17.9 Å². The van der Waals surface area contributed by atoms with Gasteiger partial charge in [-0.1, -0.05) is 0 Å². The molecule has 0 aliphatic heterocycles. The predicted molar refractivity (Wildman–Crippen MR) is 59.8 cm³/mol. The van der Waals surface area contributed by atoms with E-state index in [1.165, 1.54) is 0 Å². The Balaban J connectivity index is 4.28. The van der Waals surface area contributed by atoms with E-state index in [0.717, 1.165) is 5.75 Å². The Labute approximate surface area is 94.7 Å². The fraction of sp³-hybridized carbons (Fsp3) is 0.800. The molecule has 0 aliphatic carbocycles. The number of hydrogen-bond donors (Lipinski definition) is 0. The van der Waals surface area contributed by atoms with Gasteiger partial charge in [0.1, 0.15) is 0 Å². The second-order valence-corrected chi connectivity index (χ2v) is 3.82. The van der Waals surface area contributed by atoms with Crippen LogP contribution in [0.5, 0.6) is 0 Å². The van der Waals surface area contributed by atoms with E-state index in [-0.39, 0.29) is 13.2 Å². The second-order valence-electron chi connectivity index (χ2n) is 2.84. The van der Waals surface area contributed by atoms with Gasteiger partial charge in [-0.15, -0.1) is 0 Å². The Morgan fingerprint density at radius 3 is 1.93 bits per heavy atom. The molecule has 5 heteroatoms. The predicted octanol–water partition coefficient (Wildman–Crippen LogP) is 1.48. The van der Waals surface area contributed by atoms with Crippen molar-refractivity contribution in [2.45, 2.75) is 20.3 Å². The van der Waals surface area contributed by atoms with E-state index in [9.17, 15) is 9.59 Å². The first-order valence-corrected chi connectivity index (χ1v) is 6.38. The highest BCUT2D eigenvalue weighted by molar-refractivity contribution is 7.98. The van der Waals surface area contributed by atoms with Crippen molar-refractivity contribution in [3.8, 4) is 0 Å². The van der Waals surface area contributed by atoms with Crippen LogP contribution in [0, 0.1) is 5.92 Å². The van der Waals surface area contributed by atoms with Gasteiger partial charge in [0, 0.05) is 0 Å². The van der Waals surface area contributed by atoms with E-state index in [1.54, 1.807) is 25.6 Å². The van der Waals surface area contributed by atoms with E-state index in [2.05, 4.69) is 0 Å². The molecule has 0 aromatic heterocycles. The first-order valence-electron chi connectivity index (χ1n) is 4.99. The van der Waals surface area contributed by atoms with E-state index in [4.69, 9.17) is 9.47 Å². The summed E-state index contributed by atoms with van der Waals surface area (Å²) >= 11 is 1.59. The molecule has 0 bridgehead atoms. The lowest BCUT2D eigenvalue weighted by molar-refractivity contribution is -0.161. The van der Waals surface area contributed by atoms with Crippen molar-refractivity contribution in [3.63, 3.8) is 0 Å². The molecule has 15 heavy (non-hydrogen) atoms. The Morgan fingerprint density at radius 2 is 1.60 bits per heavy atom. The van der Waals surface area contributed by atoms with Crippen molar-refractivity contribution >= 4 is 23.7 Å². The fourth-order valence-corrected chi connectivity index (χ4v) is 1.52. The fourth-order valence-electron chi connectivity index (χ4n) is 1.05. The van der Waals surface area contributed by atoms with Crippen molar-refractivity contribution < 1.29 is 19.1 Å². The van der Waals surface area contributed by atoms with E-state index in [0.29, 0.717) is 6.42 Å². The average Bonchev–Trinajstić information content (AvgIpc) is 2.19. The molecule has 0 atom stereocenters. The highest BCUT2D eigenvalue weighted by Gasteiger charge is 2.28. The van der Waals surface area contributed by atoms with Crippen LogP contribution >= 0.6 is 11.8 Å². The minimum Gasteiger partial charge on any atom is -0.465 e. The molecule has 0 spiro atoms. The van der Waals surface area contributed by atoms with Gasteiger partial charge in [-0.3, -0.25) is 9.59 Å². The number of ether oxygens (including phenoxy) is 2. The summed E-state index contributed by atoms with van der Waals surface area (Å²) in [4.78, 5) is 22.9. The molecule has 0 rings (SSSR count). The van der Waals surface area contributed by atoms with Crippen LogP contribution in [0.1, 0.15) is 20.3 Å². The molecule has 4 nitrogen and oxygen atoms in total. The molecule has 0 saturated heterocycles. The van der Waals surface area contributed by atoms with Gasteiger partial charge >= 0.3 is 11.9 Å². The van der Waals surface area contributed by atoms with Gasteiger partial charge in [-0.05, 0) is 32.3 Å². The summed E-state index contributed by atoms with van der Waals surface area (Å²) in [6.07, 6.45) is 2.40. The number of hydrogen-bond acceptors (Lipinski definition) is 5. The molecule has 88 valence electrons. The minimum absolute atomic E-state index is 0.286. The smallest absolute Gasteiger partial charge is 0.320 e. The maximum atomic E-state index is 11.4. The Bertz CT molecular complexity index is 188. The summed E-state index contributed by atoms with van der Waals surface area (Å²) in [6.45, 7) is 4.01. The average molecular weight is 234 g/mol. The molecule has 0 unspecified atom stereocenters. The lowest BCUT2D eigenvalue weighted by Gasteiger charge is -2.13. The van der Waals surface area contributed by atoms with Crippen LogP contribution in [0.3, 0.4) is 0 Å². The van der Waals surface area contributed by atoms with Crippen molar-refractivity contribution in [2.24, 2.45) is 5.92 Å². The highest BCUT2D eigenvalue weighted by Crippen LogP contribution is 2.12. The maximum absolute atomic E-state index is 11.4. The molecule has 0 N–H and O–H groups in total. The van der Waals surface area contributed by atoms with Gasteiger partial charge in [0.25, 0.3) is 0 Å². The number of carbonyl (C=O) groups is 2. The van der Waals surface area contributed by atoms with Crippen LogP contribution in [0.15, 0.2) is 0 Å². The molecule has 0 saturated carbocycles. The number of carbonyl (C=O) groups excluding carboxylic acids is 2. The van der Waals surface area contributed by atoms with Crippen LogP contribution in [-0.2, 0) is 19.1 Å². The van der Waals surface area contributed by atoms with Crippen LogP contribution in [-0.4, -0.2) is 37.2 Å². The van der Waals surface area contributed by atoms with Crippen LogP contribution in [0.25, 0.3) is 0 Å². The molecule has 0 radical (unpaired) electrons. The third kappa shape index (κ3) is 5.67. The summed E-state index contributed by atoms with van der Waals surface area (Å²) in [5.41, 5.74) is 0. The van der Waals surface area contributed by atoms with Crippen LogP contribution in [0.4, 0.5) is 0 Å². The van der Waals surface area contributed by atoms with Crippen molar-refractivity contribution in [1.29, 1.82) is 0 Å². The highest BCUT2D eigenvalue weighted by atomic mass is 32.2. The van der Waals surface area contributed by atoms with Gasteiger partial charge in [-0.2, -0.15) is 11.8 Å². The number of rotatable bonds is 7. The van der Waals surface area contributed by atoms with Crippen molar-refractivity contribution in [3.05, 3.63) is 0 Å². The van der Waals surface area contributed by atoms with Gasteiger partial charge in [-0.25, -0.2) is 0 Å². The molecule has 0 heterocycles. The van der Waals surface area contributed by atoms with E-state index in [1.807, 2.05) is 6.26 Å². The standard InChI is InChI=1S/C10H18O4S/c1-4-13-9(11)8(6-7-15-3)10(12)14-5-2/h8H,4-7H2,1-3H3. The largest absolute Gasteiger partial charge is 0.465 e. The van der Waals surface area contributed by atoms with Gasteiger partial charge < -0.3 is 9.47 Å². The molecule has 0 aromatic rings. The lowest BCUT2D eigenvalue weighted by atomic mass is 10.1. The SMILES string of the molecule is CCOC(=O)C(CCSC)C(=O)OCC. The molecular weight excluding hydrogens is 216 g/mol. The molecular formula is C10H18O4S. The normalized spacial score (nSPS) is 10.1. The number of esters is 2. The molecule has 0 aromatic carbocycles. The summed E-state index contributed by atoms with van der Waals surface area (Å²) in [6, 6.07) is 0. The summed E-state index contributed by atoms with van der Waals surface area (Å²) in [5.74, 6) is -0.991. The summed E-state index contributed by atoms with van der Waals surface area (Å²) in [5, 5.41) is 0. The maximum Gasteiger partial charge on any atom is 0.320 e. The Hall–Kier alpha value is -0.710. The van der Waals surface area contributed by atoms with Crippen LogP contribution < -0.4 is 0 Å². The molecule has 0 aliphatic rings. The second kappa shape index (κ2) is 8.59. The van der Waals surface area contributed by atoms with E-state index >= 15 is 0 Å². The Kier molecular flexibility index (Phi) is 8.18. The monoisotopic (exact) mass is 234 g/mol. The molecule has 0 fully saturated rings. The van der Waals surface area contributed by atoms with Crippen LogP contribution in [0.2, 0.25) is 0 Å². The minimum atomic E-state index is -0.766. The van der Waals surface area contributed by atoms with Gasteiger partial charge in [0.2, 0.25) is 0 Å². The zero-order valence-corrected chi connectivity index (χ0v) is 10.3. The quantitative estimate of drug-likeness (QED) is 0.493. The Morgan fingerprint density at radius 1 is 1.13 bits per heavy atom. The third-order valence-electron chi connectivity index (χ3n) is 1.75. The first-order chi connectivity index (χ1) is 7.17. The zero-order valence-electron chi connectivity index (χ0n) is 9.45.